The molecule has 3 atom stereocenters. The number of methoxy groups -OCH3 is 1. The number of halogens is 2. The average molecular weight is 540 g/mol. The van der Waals surface area contributed by atoms with E-state index in [9.17, 15) is 4.79 Å². The first-order valence-electron chi connectivity index (χ1n) is 10.3. The number of hydrogen-bond donors (Lipinski definition) is 0. The summed E-state index contributed by atoms with van der Waals surface area (Å²) in [6, 6.07) is 19.0. The van der Waals surface area contributed by atoms with E-state index >= 15 is 0 Å². The highest BCUT2D eigenvalue weighted by Gasteiger charge is 2.52. The molecule has 1 aliphatic carbocycles. The molecule has 6 rings (SSSR count). The van der Waals surface area contributed by atoms with Crippen LogP contribution in [0.3, 0.4) is 0 Å². The van der Waals surface area contributed by atoms with Gasteiger partial charge in [0.25, 0.3) is 0 Å². The smallest absolute Gasteiger partial charge is 0.329 e. The second kappa shape index (κ2) is 6.84. The first-order valence-corrected chi connectivity index (χ1v) is 11.9. The van der Waals surface area contributed by atoms with Gasteiger partial charge in [-0.15, -0.1) is 0 Å². The zero-order chi connectivity index (χ0) is 21.4. The summed E-state index contributed by atoms with van der Waals surface area (Å²) in [6.07, 6.45) is 0.944. The molecule has 156 valence electrons. The van der Waals surface area contributed by atoms with Crippen LogP contribution in [0.2, 0.25) is 0 Å². The highest BCUT2D eigenvalue weighted by molar-refractivity contribution is 9.11. The minimum Gasteiger partial charge on any atom is -0.497 e. The zero-order valence-electron chi connectivity index (χ0n) is 17.1. The van der Waals surface area contributed by atoms with Crippen molar-refractivity contribution in [2.45, 2.75) is 18.4 Å². The molecule has 3 aliphatic rings. The highest BCUT2D eigenvalue weighted by Crippen LogP contribution is 2.60. The molecule has 6 heteroatoms. The Labute approximate surface area is 198 Å². The van der Waals surface area contributed by atoms with Crippen molar-refractivity contribution < 1.29 is 9.53 Å². The number of carbonyl (C=O) groups is 1. The van der Waals surface area contributed by atoms with Gasteiger partial charge in [-0.3, -0.25) is 9.80 Å². The summed E-state index contributed by atoms with van der Waals surface area (Å²) in [5.41, 5.74) is 7.01. The number of anilines is 2. The molecule has 0 radical (unpaired) electrons. The third-order valence-corrected chi connectivity index (χ3v) is 8.05. The van der Waals surface area contributed by atoms with Crippen molar-refractivity contribution in [2.75, 3.05) is 24.0 Å². The lowest BCUT2D eigenvalue weighted by Crippen LogP contribution is -2.53. The molecule has 2 amide bonds. The molecule has 0 N–H and O–H groups in total. The van der Waals surface area contributed by atoms with Gasteiger partial charge in [-0.2, -0.15) is 0 Å². The largest absolute Gasteiger partial charge is 0.497 e. The van der Waals surface area contributed by atoms with Crippen LogP contribution in [0.25, 0.3) is 0 Å². The lowest BCUT2D eigenvalue weighted by molar-refractivity contribution is 0.241. The molecule has 31 heavy (non-hydrogen) atoms. The Kier molecular flexibility index (Phi) is 4.28. The van der Waals surface area contributed by atoms with Gasteiger partial charge in [-0.25, -0.2) is 4.79 Å². The van der Waals surface area contributed by atoms with Crippen LogP contribution in [-0.4, -0.2) is 20.2 Å². The van der Waals surface area contributed by atoms with Gasteiger partial charge < -0.3 is 4.74 Å². The highest BCUT2D eigenvalue weighted by atomic mass is 79.9. The van der Waals surface area contributed by atoms with E-state index in [-0.39, 0.29) is 23.9 Å². The number of benzene rings is 3. The Morgan fingerprint density at radius 1 is 1.00 bits per heavy atom. The van der Waals surface area contributed by atoms with E-state index < -0.39 is 0 Å². The number of fused-ring (bicyclic) bond motifs is 10. The first kappa shape index (κ1) is 19.4. The van der Waals surface area contributed by atoms with Crippen LogP contribution in [0.15, 0.2) is 63.5 Å². The Bertz CT molecular complexity index is 1260. The average Bonchev–Trinajstić information content (AvgIpc) is 3.15. The van der Waals surface area contributed by atoms with Gasteiger partial charge in [0.2, 0.25) is 0 Å². The molecule has 0 fully saturated rings. The van der Waals surface area contributed by atoms with Crippen LogP contribution in [0.4, 0.5) is 16.2 Å². The SMILES string of the molecule is COc1ccc2c(c1)[C@H]1c3ccccc3C[C@H]1[C@H]1c3cc(Br)cc(Br)c3N(C)C(=O)N21. The lowest BCUT2D eigenvalue weighted by atomic mass is 9.73. The van der Waals surface area contributed by atoms with Gasteiger partial charge in [0.15, 0.2) is 0 Å². The molecule has 3 aromatic rings. The van der Waals surface area contributed by atoms with E-state index in [1.807, 2.05) is 30.1 Å². The monoisotopic (exact) mass is 538 g/mol. The fourth-order valence-electron chi connectivity index (χ4n) is 5.80. The topological polar surface area (TPSA) is 32.8 Å². The fraction of sp³-hybridized carbons (Fsp3) is 0.240. The maximum absolute atomic E-state index is 13.7. The third kappa shape index (κ3) is 2.61. The van der Waals surface area contributed by atoms with Gasteiger partial charge >= 0.3 is 6.03 Å². The second-order valence-corrected chi connectivity index (χ2v) is 10.2. The van der Waals surface area contributed by atoms with Gasteiger partial charge in [-0.05, 0) is 75.3 Å². The van der Waals surface area contributed by atoms with Crippen LogP contribution >= 0.6 is 31.9 Å². The number of amides is 2. The summed E-state index contributed by atoms with van der Waals surface area (Å²) in [4.78, 5) is 17.5. The number of ether oxygens (including phenoxy) is 1. The van der Waals surface area contributed by atoms with E-state index in [1.165, 1.54) is 22.3 Å². The summed E-state index contributed by atoms with van der Waals surface area (Å²) < 4.78 is 7.50. The minimum absolute atomic E-state index is 0.00125. The van der Waals surface area contributed by atoms with Crippen LogP contribution < -0.4 is 14.5 Å². The van der Waals surface area contributed by atoms with Crippen molar-refractivity contribution in [3.8, 4) is 5.75 Å². The summed E-state index contributed by atoms with van der Waals surface area (Å²) >= 11 is 7.39. The van der Waals surface area contributed by atoms with Gasteiger partial charge in [-0.1, -0.05) is 40.2 Å². The Hall–Kier alpha value is -2.31. The minimum atomic E-state index is -0.0363. The van der Waals surface area contributed by atoms with Gasteiger partial charge in [0.1, 0.15) is 5.75 Å². The maximum Gasteiger partial charge on any atom is 0.329 e. The van der Waals surface area contributed by atoms with Crippen molar-refractivity contribution in [1.29, 1.82) is 0 Å². The Morgan fingerprint density at radius 3 is 2.61 bits per heavy atom. The maximum atomic E-state index is 13.7. The van der Waals surface area contributed by atoms with Crippen molar-refractivity contribution in [1.82, 2.24) is 0 Å². The van der Waals surface area contributed by atoms with Crippen molar-refractivity contribution in [3.05, 3.63) is 85.8 Å². The lowest BCUT2D eigenvalue weighted by Gasteiger charge is -2.49. The Balaban J connectivity index is 1.66. The van der Waals surface area contributed by atoms with E-state index in [4.69, 9.17) is 4.74 Å². The molecule has 0 bridgehead atoms. The van der Waals surface area contributed by atoms with Gasteiger partial charge in [0.05, 0.1) is 24.5 Å². The second-order valence-electron chi connectivity index (χ2n) is 8.45. The first-order chi connectivity index (χ1) is 15.0. The van der Waals surface area contributed by atoms with Crippen LogP contribution in [0.5, 0.6) is 5.75 Å². The summed E-state index contributed by atoms with van der Waals surface area (Å²) in [5, 5.41) is 0. The molecular weight excluding hydrogens is 520 g/mol. The zero-order valence-corrected chi connectivity index (χ0v) is 20.3. The quantitative estimate of drug-likeness (QED) is 0.346. The molecule has 2 heterocycles. The van der Waals surface area contributed by atoms with E-state index in [0.717, 1.165) is 32.5 Å². The van der Waals surface area contributed by atoms with Crippen LogP contribution in [0, 0.1) is 5.92 Å². The summed E-state index contributed by atoms with van der Waals surface area (Å²) in [5.74, 6) is 1.31. The predicted molar refractivity (Wildman–Crippen MR) is 129 cm³/mol. The summed E-state index contributed by atoms with van der Waals surface area (Å²) in [6.45, 7) is 0. The number of carbonyl (C=O) groups excluding carboxylic acids is 1. The fourth-order valence-corrected chi connectivity index (χ4v) is 7.33. The Morgan fingerprint density at radius 2 is 1.81 bits per heavy atom. The van der Waals surface area contributed by atoms with Crippen molar-refractivity contribution in [3.63, 3.8) is 0 Å². The molecule has 0 unspecified atom stereocenters. The van der Waals surface area contributed by atoms with E-state index in [2.05, 4.69) is 68.3 Å². The van der Waals surface area contributed by atoms with Crippen LogP contribution in [-0.2, 0) is 6.42 Å². The normalized spacial score (nSPS) is 23.0. The summed E-state index contributed by atoms with van der Waals surface area (Å²) in [7, 11) is 3.55. The molecule has 0 aromatic heterocycles. The molecule has 4 nitrogen and oxygen atoms in total. The molecule has 0 spiro atoms. The molecule has 0 saturated carbocycles. The van der Waals surface area contributed by atoms with Gasteiger partial charge in [0, 0.05) is 27.5 Å². The van der Waals surface area contributed by atoms with Crippen molar-refractivity contribution >= 4 is 49.3 Å². The van der Waals surface area contributed by atoms with E-state index in [0.29, 0.717) is 0 Å². The van der Waals surface area contributed by atoms with E-state index in [1.54, 1.807) is 12.0 Å². The molecule has 0 saturated heterocycles. The van der Waals surface area contributed by atoms with Crippen LogP contribution in [0.1, 0.15) is 34.2 Å². The standard InChI is InChI=1S/C25H20Br2N2O2/c1-28-24-19(10-14(26)11-20(24)27)23-18-9-13-5-3-4-6-16(13)22(18)17-12-15(31-2)7-8-21(17)29(23)25(28)30/h3-8,10-12,18,22-23H,9H2,1-2H3/t18-,22-,23+/m1/s1. The number of hydrogen-bond acceptors (Lipinski definition) is 2. The molecular formula is C25H20Br2N2O2. The number of rotatable bonds is 1. The third-order valence-electron chi connectivity index (χ3n) is 6.99. The predicted octanol–water partition coefficient (Wildman–Crippen LogP) is 6.66. The molecule has 2 aliphatic heterocycles. The molecule has 3 aromatic carbocycles. The number of nitrogens with zero attached hydrogens (tertiary/aromatic N) is 2. The number of urea groups is 1. The van der Waals surface area contributed by atoms with Crippen molar-refractivity contribution in [2.24, 2.45) is 5.92 Å².